The van der Waals surface area contributed by atoms with Crippen molar-refractivity contribution in [1.82, 2.24) is 0 Å². The fourth-order valence-corrected chi connectivity index (χ4v) is 2.78. The summed E-state index contributed by atoms with van der Waals surface area (Å²) < 4.78 is 16.3. The van der Waals surface area contributed by atoms with Crippen LogP contribution in [-0.4, -0.2) is 34.0 Å². The van der Waals surface area contributed by atoms with Gasteiger partial charge in [0.05, 0.1) is 6.61 Å². The van der Waals surface area contributed by atoms with Crippen molar-refractivity contribution in [2.45, 2.75) is 26.7 Å². The van der Waals surface area contributed by atoms with Gasteiger partial charge in [0.2, 0.25) is 0 Å². The van der Waals surface area contributed by atoms with E-state index >= 15 is 0 Å². The highest BCUT2D eigenvalue weighted by atomic mass is 16.5. The van der Waals surface area contributed by atoms with Crippen LogP contribution >= 0.6 is 0 Å². The summed E-state index contributed by atoms with van der Waals surface area (Å²) in [4.78, 5) is 0. The minimum atomic E-state index is 0.553. The lowest BCUT2D eigenvalue weighted by atomic mass is 9.93. The molecule has 0 atom stereocenters. The molecule has 0 bridgehead atoms. The highest BCUT2D eigenvalue weighted by Gasteiger charge is 2.12. The van der Waals surface area contributed by atoms with Crippen LogP contribution in [0.15, 0.2) is 36.4 Å². The van der Waals surface area contributed by atoms with Crippen molar-refractivity contribution in [2.75, 3.05) is 34.0 Å². The van der Waals surface area contributed by atoms with Crippen LogP contribution in [0.25, 0.3) is 11.1 Å². The second-order valence-electron chi connectivity index (χ2n) is 6.10. The van der Waals surface area contributed by atoms with Crippen LogP contribution < -0.4 is 4.74 Å². The van der Waals surface area contributed by atoms with Gasteiger partial charge >= 0.3 is 0 Å². The molecule has 3 nitrogen and oxygen atoms in total. The van der Waals surface area contributed by atoms with Gasteiger partial charge in [0.15, 0.2) is 0 Å². The van der Waals surface area contributed by atoms with Crippen LogP contribution in [0.3, 0.4) is 0 Å². The Morgan fingerprint density at radius 1 is 0.750 bits per heavy atom. The van der Waals surface area contributed by atoms with E-state index in [1.807, 2.05) is 0 Å². The van der Waals surface area contributed by atoms with Crippen molar-refractivity contribution >= 4 is 0 Å². The monoisotopic (exact) mass is 328 g/mol. The number of rotatable bonds is 9. The van der Waals surface area contributed by atoms with Crippen molar-refractivity contribution < 1.29 is 14.2 Å². The first-order valence-electron chi connectivity index (χ1n) is 8.47. The maximum atomic E-state index is 5.96. The Hall–Kier alpha value is -1.84. The Morgan fingerprint density at radius 2 is 1.42 bits per heavy atom. The molecule has 3 heteroatoms. The summed E-state index contributed by atoms with van der Waals surface area (Å²) in [5.74, 6) is 0.913. The summed E-state index contributed by atoms with van der Waals surface area (Å²) in [6.45, 7) is 6.16. The van der Waals surface area contributed by atoms with E-state index in [4.69, 9.17) is 14.2 Å². The lowest BCUT2D eigenvalue weighted by Gasteiger charge is -2.16. The Bertz CT molecular complexity index is 592. The molecule has 0 amide bonds. The molecule has 24 heavy (non-hydrogen) atoms. The molecule has 2 aromatic rings. The summed E-state index contributed by atoms with van der Waals surface area (Å²) in [5, 5.41) is 0. The van der Waals surface area contributed by atoms with E-state index in [1.54, 1.807) is 14.2 Å². The molecule has 2 rings (SSSR count). The van der Waals surface area contributed by atoms with Gasteiger partial charge in [-0.15, -0.1) is 0 Å². The van der Waals surface area contributed by atoms with Gasteiger partial charge in [0.25, 0.3) is 0 Å². The maximum Gasteiger partial charge on any atom is 0.127 e. The topological polar surface area (TPSA) is 27.7 Å². The Kier molecular flexibility index (Phi) is 7.29. The summed E-state index contributed by atoms with van der Waals surface area (Å²) in [6, 6.07) is 13.0. The highest BCUT2D eigenvalue weighted by molar-refractivity contribution is 5.74. The molecule has 130 valence electrons. The number of methoxy groups -OCH3 is 2. The van der Waals surface area contributed by atoms with E-state index in [1.165, 1.54) is 22.3 Å². The molecule has 0 aliphatic rings. The molecule has 0 radical (unpaired) electrons. The van der Waals surface area contributed by atoms with Gasteiger partial charge in [-0.05, 0) is 49.9 Å². The van der Waals surface area contributed by atoms with Crippen molar-refractivity contribution in [3.63, 3.8) is 0 Å². The van der Waals surface area contributed by atoms with Gasteiger partial charge in [0, 0.05) is 26.4 Å². The molecule has 0 aromatic heterocycles. The van der Waals surface area contributed by atoms with E-state index < -0.39 is 0 Å². The van der Waals surface area contributed by atoms with E-state index in [-0.39, 0.29) is 0 Å². The molecule has 0 saturated carbocycles. The quantitative estimate of drug-likeness (QED) is 0.631. The lowest BCUT2D eigenvalue weighted by molar-refractivity contribution is 0.146. The molecular weight excluding hydrogens is 300 g/mol. The fraction of sp³-hybridized carbons (Fsp3) is 0.429. The predicted octanol–water partition coefficient (Wildman–Crippen LogP) is 4.57. The van der Waals surface area contributed by atoms with Crippen LogP contribution in [-0.2, 0) is 15.9 Å². The molecule has 0 heterocycles. The van der Waals surface area contributed by atoms with Crippen molar-refractivity contribution in [1.29, 1.82) is 0 Å². The minimum absolute atomic E-state index is 0.553. The molecule has 0 saturated heterocycles. The lowest BCUT2D eigenvalue weighted by Crippen LogP contribution is -2.05. The van der Waals surface area contributed by atoms with Crippen LogP contribution in [0.1, 0.15) is 23.1 Å². The predicted molar refractivity (Wildman–Crippen MR) is 98.9 cm³/mol. The standard InChI is InChI=1S/C21H28O3/c1-16-7-9-18(6-5-11-22-3)19(14-16)20-15-17(2)8-10-21(20)24-13-12-23-4/h7-10,14-15H,5-6,11-13H2,1-4H3. The third-order valence-electron chi connectivity index (χ3n) is 4.03. The third-order valence-corrected chi connectivity index (χ3v) is 4.03. The summed E-state index contributed by atoms with van der Waals surface area (Å²) in [5.41, 5.74) is 6.22. The van der Waals surface area contributed by atoms with Gasteiger partial charge < -0.3 is 14.2 Å². The molecule has 0 unspecified atom stereocenters. The van der Waals surface area contributed by atoms with Crippen LogP contribution in [0.4, 0.5) is 0 Å². The zero-order chi connectivity index (χ0) is 17.4. The third kappa shape index (κ3) is 5.08. The number of benzene rings is 2. The van der Waals surface area contributed by atoms with Gasteiger partial charge in [0.1, 0.15) is 12.4 Å². The molecule has 0 fully saturated rings. The Balaban J connectivity index is 2.38. The smallest absolute Gasteiger partial charge is 0.127 e. The molecule has 0 N–H and O–H groups in total. The van der Waals surface area contributed by atoms with E-state index in [9.17, 15) is 0 Å². The van der Waals surface area contributed by atoms with E-state index in [0.29, 0.717) is 13.2 Å². The highest BCUT2D eigenvalue weighted by Crippen LogP contribution is 2.34. The fourth-order valence-electron chi connectivity index (χ4n) is 2.78. The largest absolute Gasteiger partial charge is 0.491 e. The zero-order valence-electron chi connectivity index (χ0n) is 15.2. The molecule has 0 aliphatic heterocycles. The Morgan fingerprint density at radius 3 is 2.12 bits per heavy atom. The normalized spacial score (nSPS) is 10.8. The van der Waals surface area contributed by atoms with Gasteiger partial charge in [-0.2, -0.15) is 0 Å². The van der Waals surface area contributed by atoms with E-state index in [0.717, 1.165) is 30.8 Å². The van der Waals surface area contributed by atoms with Crippen molar-refractivity contribution in [3.8, 4) is 16.9 Å². The SMILES string of the molecule is COCCCc1ccc(C)cc1-c1cc(C)ccc1OCCOC. The number of hydrogen-bond acceptors (Lipinski definition) is 3. The number of aryl methyl sites for hydroxylation is 3. The first kappa shape index (κ1) is 18.5. The summed E-state index contributed by atoms with van der Waals surface area (Å²) >= 11 is 0. The number of ether oxygens (including phenoxy) is 3. The Labute approximate surface area is 145 Å². The van der Waals surface area contributed by atoms with Crippen molar-refractivity contribution in [2.24, 2.45) is 0 Å². The van der Waals surface area contributed by atoms with Gasteiger partial charge in [-0.1, -0.05) is 35.4 Å². The van der Waals surface area contributed by atoms with Gasteiger partial charge in [-0.25, -0.2) is 0 Å². The molecule has 0 spiro atoms. The average Bonchev–Trinajstić information content (AvgIpc) is 2.58. The van der Waals surface area contributed by atoms with Crippen LogP contribution in [0.5, 0.6) is 5.75 Å². The van der Waals surface area contributed by atoms with Crippen molar-refractivity contribution in [3.05, 3.63) is 53.1 Å². The second-order valence-corrected chi connectivity index (χ2v) is 6.10. The number of hydrogen-bond donors (Lipinski definition) is 0. The first-order valence-corrected chi connectivity index (χ1v) is 8.47. The molecule has 2 aromatic carbocycles. The molecular formula is C21H28O3. The average molecular weight is 328 g/mol. The zero-order valence-corrected chi connectivity index (χ0v) is 15.2. The van der Waals surface area contributed by atoms with Crippen LogP contribution in [0.2, 0.25) is 0 Å². The second kappa shape index (κ2) is 9.45. The molecule has 0 aliphatic carbocycles. The van der Waals surface area contributed by atoms with E-state index in [2.05, 4.69) is 50.2 Å². The maximum absolute atomic E-state index is 5.96. The first-order chi connectivity index (χ1) is 11.7. The van der Waals surface area contributed by atoms with Gasteiger partial charge in [-0.3, -0.25) is 0 Å². The van der Waals surface area contributed by atoms with Crippen LogP contribution in [0, 0.1) is 13.8 Å². The summed E-state index contributed by atoms with van der Waals surface area (Å²) in [7, 11) is 3.44. The minimum Gasteiger partial charge on any atom is -0.491 e. The summed E-state index contributed by atoms with van der Waals surface area (Å²) in [6.07, 6.45) is 2.01.